The van der Waals surface area contributed by atoms with Crippen LogP contribution in [0.1, 0.15) is 435 Å². The van der Waals surface area contributed by atoms with Crippen molar-refractivity contribution in [2.24, 2.45) is 0 Å². The van der Waals surface area contributed by atoms with Gasteiger partial charge in [0.25, 0.3) is 0 Å². The molecule has 2 radical (unpaired) electrons. The minimum absolute atomic E-state index is 0. The average Bonchev–Trinajstić information content (AvgIpc) is 0.747. The van der Waals surface area contributed by atoms with E-state index in [4.69, 9.17) is 10.5 Å². The van der Waals surface area contributed by atoms with Crippen molar-refractivity contribution in [2.75, 3.05) is 0 Å². The molecule has 0 atom stereocenters. The largest absolute Gasteiger partial charge is 4.00 e. The van der Waals surface area contributed by atoms with Crippen molar-refractivity contribution in [3.8, 4) is 58.1 Å². The number of hydrogen-bond acceptors (Lipinski definition) is 18. The van der Waals surface area contributed by atoms with Gasteiger partial charge in [-0.15, -0.1) is 0 Å². The first-order valence-electron chi connectivity index (χ1n) is 47.3. The molecule has 0 heterocycles. The van der Waals surface area contributed by atoms with Gasteiger partial charge >= 0.3 is 37.1 Å². The molecular weight excluding hydrogens is 1910 g/mol. The number of sulfone groups is 4. The number of nitriles is 2. The van der Waals surface area contributed by atoms with E-state index in [9.17, 15) is 74.5 Å². The molecule has 0 bridgehead atoms. The molecule has 24 heteroatoms. The first-order valence-corrected chi connectivity index (χ1v) is 53.2. The van der Waals surface area contributed by atoms with Gasteiger partial charge in [-0.1, -0.05) is 427 Å². The van der Waals surface area contributed by atoms with Crippen LogP contribution in [-0.2, 0) is 163 Å². The Balaban J connectivity index is 0.000000910. The molecular formula is C116H166N2O16S4V2. The standard InChI is InChI=1S/4C28H42O4S.2C2H3N.2V/c4*1-25(2,3)17-13-19(27(7,8)9)23(29)21(15-17)33(31,32)22-16-18(26(4,5)6)14-20(24(22)30)28(10,11)12;2*1-2-3;;/h4*13-16,29-30H,1-12H3;2*1H3;;/q;;;;;;2*+4/p-8. The number of nitrogens with zero attached hydrogens (tertiary/aromatic N) is 2. The third-order valence-corrected chi connectivity index (χ3v) is 31.2. The van der Waals surface area contributed by atoms with Gasteiger partial charge in [-0.25, -0.2) is 33.7 Å². The first-order chi connectivity index (χ1) is 60.8. The second-order valence-electron chi connectivity index (χ2n) is 53.3. The molecule has 0 aliphatic heterocycles. The van der Waals surface area contributed by atoms with Gasteiger partial charge in [0.1, 0.15) is 0 Å². The van der Waals surface area contributed by atoms with Gasteiger partial charge in [0, 0.05) is 13.8 Å². The second kappa shape index (κ2) is 43.4. The molecule has 0 aromatic heterocycles. The van der Waals surface area contributed by atoms with Crippen LogP contribution in [0.25, 0.3) is 0 Å². The molecule has 0 aliphatic carbocycles. The fraction of sp³-hybridized carbons (Fsp3) is 0.569. The number of rotatable bonds is 8. The Kier molecular flexibility index (Phi) is 40.3. The summed E-state index contributed by atoms with van der Waals surface area (Å²) in [7, 11) is -17.4. The van der Waals surface area contributed by atoms with Crippen LogP contribution < -0.4 is 40.9 Å². The van der Waals surface area contributed by atoms with E-state index in [0.717, 1.165) is 44.5 Å². The minimum atomic E-state index is -4.36. The van der Waals surface area contributed by atoms with E-state index in [0.29, 0.717) is 44.5 Å². The summed E-state index contributed by atoms with van der Waals surface area (Å²) in [4.78, 5) is -2.53. The SMILES string of the molecule is CC#N.CC#N.CC(C)(C)c1cc(C(C)(C)C)c([O-])c(S(=O)(=O)c2cc(C(C)(C)C)cc(C(C)(C)C)c2[O-])c1.CC(C)(C)c1cc(C(C)(C)C)c([O-])c(S(=O)(=O)c2cc(C(C)(C)C)cc(C(C)(C)C)c2[O-])c1.CC(C)(C)c1cc(C(C)(C)C)c([O-])c(S(=O)(=O)c2cc(C(C)(C)C)cc(C(C)(C)C)c2[O-])c1.CC(C)(C)c1cc(C(C)(C)C)c([O-])c(S(=O)(=O)c2cc(C(C)(C)C)cc(C(C)(C)C)c2[O-])c1.[V+4].[V+4]. The van der Waals surface area contributed by atoms with E-state index in [1.807, 2.05) is 381 Å². The van der Waals surface area contributed by atoms with Crippen molar-refractivity contribution in [3.63, 3.8) is 0 Å². The van der Waals surface area contributed by atoms with Crippen LogP contribution in [0.5, 0.6) is 46.0 Å². The molecule has 8 rings (SSSR count). The fourth-order valence-corrected chi connectivity index (χ4v) is 20.8. The van der Waals surface area contributed by atoms with Gasteiger partial charge in [-0.05, 0) is 224 Å². The van der Waals surface area contributed by atoms with Crippen molar-refractivity contribution in [3.05, 3.63) is 186 Å². The average molecular weight is 2070 g/mol. The van der Waals surface area contributed by atoms with Gasteiger partial charge in [-0.2, -0.15) is 10.5 Å². The van der Waals surface area contributed by atoms with Crippen molar-refractivity contribution in [2.45, 2.75) is 472 Å². The van der Waals surface area contributed by atoms with E-state index in [1.54, 1.807) is 12.1 Å². The Morgan fingerprint density at radius 2 is 0.229 bits per heavy atom. The zero-order chi connectivity index (χ0) is 109. The summed E-state index contributed by atoms with van der Waals surface area (Å²) in [5.41, 5.74) is 2.11. The third kappa shape index (κ3) is 31.1. The van der Waals surface area contributed by atoms with Gasteiger partial charge < -0.3 is 40.9 Å². The van der Waals surface area contributed by atoms with Crippen molar-refractivity contribution in [1.82, 2.24) is 0 Å². The first kappa shape index (κ1) is 130. The zero-order valence-electron chi connectivity index (χ0n) is 94.2. The quantitative estimate of drug-likeness (QED) is 0.136. The van der Waals surface area contributed by atoms with Crippen LogP contribution in [0.2, 0.25) is 0 Å². The van der Waals surface area contributed by atoms with E-state index in [1.165, 1.54) is 62.4 Å². The predicted octanol–water partition coefficient (Wildman–Crippen LogP) is 24.5. The van der Waals surface area contributed by atoms with Gasteiger partial charge in [0.15, 0.2) is 0 Å². The number of benzene rings is 8. The van der Waals surface area contributed by atoms with Gasteiger partial charge in [-0.3, -0.25) is 0 Å². The minimum Gasteiger partial charge on any atom is -0.871 e. The Hall–Kier alpha value is -7.89. The van der Waals surface area contributed by atoms with Crippen molar-refractivity contribution < 1.29 is 112 Å². The summed E-state index contributed by atoms with van der Waals surface area (Å²) in [6.45, 7) is 95.8. The van der Waals surface area contributed by atoms with Crippen LogP contribution in [0, 0.1) is 22.7 Å². The number of hydrogen-bond donors (Lipinski definition) is 0. The molecule has 0 fully saturated rings. The molecule has 8 aromatic carbocycles. The molecule has 0 spiro atoms. The Morgan fingerprint density at radius 3 is 0.279 bits per heavy atom. The molecule has 18 nitrogen and oxygen atoms in total. The summed E-state index contributed by atoms with van der Waals surface area (Å²) < 4.78 is 112. The molecule has 8 aromatic rings. The van der Waals surface area contributed by atoms with E-state index in [2.05, 4.69) is 0 Å². The summed E-state index contributed by atoms with van der Waals surface area (Å²) in [5.74, 6) is -4.27. The molecule has 0 unspecified atom stereocenters. The van der Waals surface area contributed by atoms with Crippen molar-refractivity contribution >= 4 is 39.3 Å². The van der Waals surface area contributed by atoms with E-state index >= 15 is 0 Å². The summed E-state index contributed by atoms with van der Waals surface area (Å²) >= 11 is 0. The molecule has 0 saturated carbocycles. The summed E-state index contributed by atoms with van der Waals surface area (Å²) in [6.07, 6.45) is 0. The maximum atomic E-state index is 14.0. The van der Waals surface area contributed by atoms with Crippen LogP contribution >= 0.6 is 0 Å². The van der Waals surface area contributed by atoms with Gasteiger partial charge in [0.05, 0.1) is 51.3 Å². The summed E-state index contributed by atoms with van der Waals surface area (Å²) in [6, 6.07) is 29.7. The maximum absolute atomic E-state index is 14.0. The zero-order valence-corrected chi connectivity index (χ0v) is 100. The molecule has 770 valence electrons. The maximum Gasteiger partial charge on any atom is 4.00 e. The molecule has 140 heavy (non-hydrogen) atoms. The second-order valence-corrected chi connectivity index (χ2v) is 60.8. The Bertz CT molecular complexity index is 5290. The third-order valence-electron chi connectivity index (χ3n) is 24.1. The van der Waals surface area contributed by atoms with Crippen LogP contribution in [-0.4, -0.2) is 33.7 Å². The molecule has 0 amide bonds. The molecule has 0 N–H and O–H groups in total. The Morgan fingerprint density at radius 1 is 0.164 bits per heavy atom. The topological polar surface area (TPSA) is 369 Å². The monoisotopic (exact) mass is 2070 g/mol. The fourth-order valence-electron chi connectivity index (χ4n) is 14.8. The van der Waals surface area contributed by atoms with Crippen LogP contribution in [0.4, 0.5) is 0 Å². The van der Waals surface area contributed by atoms with Crippen molar-refractivity contribution in [1.29, 1.82) is 10.5 Å². The van der Waals surface area contributed by atoms with E-state index < -0.39 is 129 Å². The predicted molar refractivity (Wildman–Crippen MR) is 551 cm³/mol. The smallest absolute Gasteiger partial charge is 0.871 e. The van der Waals surface area contributed by atoms with Crippen LogP contribution in [0.15, 0.2) is 136 Å². The molecule has 0 aliphatic rings. The van der Waals surface area contributed by atoms with E-state index in [-0.39, 0.29) is 120 Å². The van der Waals surface area contributed by atoms with Gasteiger partial charge in [0.2, 0.25) is 39.3 Å². The Labute approximate surface area is 870 Å². The normalized spacial score (nSPS) is 13.3. The van der Waals surface area contributed by atoms with Crippen LogP contribution in [0.3, 0.4) is 0 Å². The summed E-state index contributed by atoms with van der Waals surface area (Å²) in [5, 5.41) is 123. The molecule has 0 saturated heterocycles.